The molecule has 0 aliphatic rings. The quantitative estimate of drug-likeness (QED) is 0.653. The van der Waals surface area contributed by atoms with Crippen LogP contribution in [0.2, 0.25) is 0 Å². The maximum Gasteiger partial charge on any atom is 0.0897 e. The first-order valence-electron chi connectivity index (χ1n) is 3.08. The molecule has 4 heteroatoms. The Labute approximate surface area is 63.8 Å². The third-order valence-corrected chi connectivity index (χ3v) is 1.63. The van der Waals surface area contributed by atoms with Crippen molar-refractivity contribution in [1.82, 2.24) is 4.98 Å². The van der Waals surface area contributed by atoms with Gasteiger partial charge in [0.25, 0.3) is 0 Å². The summed E-state index contributed by atoms with van der Waals surface area (Å²) < 4.78 is 5.15. The third kappa shape index (κ3) is 2.43. The highest BCUT2D eigenvalue weighted by molar-refractivity contribution is 7.07. The first-order valence-corrected chi connectivity index (χ1v) is 4.02. The molecule has 0 radical (unpaired) electrons. The second-order valence-electron chi connectivity index (χ2n) is 1.82. The highest BCUT2D eigenvalue weighted by Crippen LogP contribution is 2.01. The molecule has 0 atom stereocenters. The summed E-state index contributed by atoms with van der Waals surface area (Å²) >= 11 is 1.58. The highest BCUT2D eigenvalue weighted by atomic mass is 32.1. The molecule has 1 aromatic rings. The first kappa shape index (κ1) is 7.65. The normalized spacial score (nSPS) is 10.1. The number of thiazole rings is 1. The second kappa shape index (κ2) is 4.38. The largest absolute Gasteiger partial charge is 0.374 e. The van der Waals surface area contributed by atoms with Gasteiger partial charge >= 0.3 is 0 Å². The van der Waals surface area contributed by atoms with Gasteiger partial charge in [-0.2, -0.15) is 0 Å². The van der Waals surface area contributed by atoms with Crippen LogP contribution < -0.4 is 5.73 Å². The summed E-state index contributed by atoms with van der Waals surface area (Å²) in [6.07, 6.45) is 0. The molecule has 0 saturated heterocycles. The van der Waals surface area contributed by atoms with Crippen LogP contribution in [0.3, 0.4) is 0 Å². The number of rotatable bonds is 4. The van der Waals surface area contributed by atoms with E-state index in [1.165, 1.54) is 0 Å². The van der Waals surface area contributed by atoms with E-state index in [9.17, 15) is 0 Å². The number of nitrogens with zero attached hydrogens (tertiary/aromatic N) is 1. The average molecular weight is 158 g/mol. The predicted octanol–water partition coefficient (Wildman–Crippen LogP) is 0.618. The Bertz CT molecular complexity index is 164. The molecule has 1 rings (SSSR count). The van der Waals surface area contributed by atoms with Crippen molar-refractivity contribution in [2.24, 2.45) is 5.73 Å². The summed E-state index contributed by atoms with van der Waals surface area (Å²) in [4.78, 5) is 4.04. The number of hydrogen-bond acceptors (Lipinski definition) is 4. The van der Waals surface area contributed by atoms with E-state index >= 15 is 0 Å². The van der Waals surface area contributed by atoms with E-state index in [1.807, 2.05) is 5.38 Å². The fourth-order valence-corrected chi connectivity index (χ4v) is 1.11. The molecule has 56 valence electrons. The SMILES string of the molecule is NCCOCc1cscn1. The van der Waals surface area contributed by atoms with Crippen LogP contribution in [0.15, 0.2) is 10.9 Å². The molecule has 1 aromatic heterocycles. The second-order valence-corrected chi connectivity index (χ2v) is 2.54. The van der Waals surface area contributed by atoms with Crippen LogP contribution in [0.5, 0.6) is 0 Å². The summed E-state index contributed by atoms with van der Waals surface area (Å²) in [7, 11) is 0. The van der Waals surface area contributed by atoms with Gasteiger partial charge in [0.2, 0.25) is 0 Å². The van der Waals surface area contributed by atoms with Crippen molar-refractivity contribution in [3.63, 3.8) is 0 Å². The molecular weight excluding hydrogens is 148 g/mol. The van der Waals surface area contributed by atoms with Crippen LogP contribution in [0.1, 0.15) is 5.69 Å². The molecule has 10 heavy (non-hydrogen) atoms. The maximum atomic E-state index is 5.23. The number of hydrogen-bond donors (Lipinski definition) is 1. The van der Waals surface area contributed by atoms with E-state index in [0.29, 0.717) is 19.8 Å². The summed E-state index contributed by atoms with van der Waals surface area (Å²) in [6, 6.07) is 0. The van der Waals surface area contributed by atoms with Gasteiger partial charge in [-0.25, -0.2) is 4.98 Å². The molecule has 0 aliphatic carbocycles. The van der Waals surface area contributed by atoms with Crippen molar-refractivity contribution in [3.8, 4) is 0 Å². The fraction of sp³-hybridized carbons (Fsp3) is 0.500. The minimum absolute atomic E-state index is 0.574. The number of ether oxygens (including phenoxy) is 1. The van der Waals surface area contributed by atoms with Gasteiger partial charge in [-0.3, -0.25) is 0 Å². The Morgan fingerprint density at radius 2 is 2.60 bits per heavy atom. The van der Waals surface area contributed by atoms with E-state index in [-0.39, 0.29) is 0 Å². The number of nitrogens with two attached hydrogens (primary N) is 1. The third-order valence-electron chi connectivity index (χ3n) is 0.996. The lowest BCUT2D eigenvalue weighted by atomic mass is 10.5. The lowest BCUT2D eigenvalue weighted by Gasteiger charge is -1.96. The molecule has 0 aliphatic heterocycles. The van der Waals surface area contributed by atoms with E-state index in [4.69, 9.17) is 10.5 Å². The van der Waals surface area contributed by atoms with Crippen molar-refractivity contribution in [3.05, 3.63) is 16.6 Å². The highest BCUT2D eigenvalue weighted by Gasteiger charge is 1.92. The van der Waals surface area contributed by atoms with Gasteiger partial charge in [0.15, 0.2) is 0 Å². The van der Waals surface area contributed by atoms with Crippen molar-refractivity contribution in [1.29, 1.82) is 0 Å². The van der Waals surface area contributed by atoms with Crippen molar-refractivity contribution >= 4 is 11.3 Å². The Balaban J connectivity index is 2.15. The van der Waals surface area contributed by atoms with Crippen LogP contribution in [0, 0.1) is 0 Å². The molecule has 0 fully saturated rings. The molecule has 3 nitrogen and oxygen atoms in total. The zero-order valence-electron chi connectivity index (χ0n) is 5.62. The van der Waals surface area contributed by atoms with Gasteiger partial charge in [-0.15, -0.1) is 11.3 Å². The molecule has 0 bridgehead atoms. The lowest BCUT2D eigenvalue weighted by molar-refractivity contribution is 0.126. The predicted molar refractivity (Wildman–Crippen MR) is 40.8 cm³/mol. The summed E-state index contributed by atoms with van der Waals surface area (Å²) in [5.41, 5.74) is 8.00. The molecule has 0 saturated carbocycles. The van der Waals surface area contributed by atoms with Crippen LogP contribution in [0.25, 0.3) is 0 Å². The topological polar surface area (TPSA) is 48.1 Å². The smallest absolute Gasteiger partial charge is 0.0897 e. The summed E-state index contributed by atoms with van der Waals surface area (Å²) in [6.45, 7) is 1.77. The van der Waals surface area contributed by atoms with Crippen LogP contribution in [-0.4, -0.2) is 18.1 Å². The average Bonchev–Trinajstić information content (AvgIpc) is 2.41. The van der Waals surface area contributed by atoms with E-state index in [1.54, 1.807) is 16.8 Å². The maximum absolute atomic E-state index is 5.23. The van der Waals surface area contributed by atoms with Crippen LogP contribution in [0.4, 0.5) is 0 Å². The molecule has 1 heterocycles. The molecule has 0 amide bonds. The molecule has 0 spiro atoms. The summed E-state index contributed by atoms with van der Waals surface area (Å²) in [5.74, 6) is 0. The number of aromatic nitrogens is 1. The summed E-state index contributed by atoms with van der Waals surface area (Å²) in [5, 5.41) is 1.97. The van der Waals surface area contributed by atoms with Gasteiger partial charge < -0.3 is 10.5 Å². The zero-order chi connectivity index (χ0) is 7.23. The Morgan fingerprint density at radius 3 is 3.20 bits per heavy atom. The zero-order valence-corrected chi connectivity index (χ0v) is 6.43. The van der Waals surface area contributed by atoms with Gasteiger partial charge in [-0.1, -0.05) is 0 Å². The lowest BCUT2D eigenvalue weighted by Crippen LogP contribution is -2.08. The molecular formula is C6H10N2OS. The van der Waals surface area contributed by atoms with Gasteiger partial charge in [0.1, 0.15) is 0 Å². The van der Waals surface area contributed by atoms with E-state index in [2.05, 4.69) is 4.98 Å². The van der Waals surface area contributed by atoms with Crippen molar-refractivity contribution in [2.75, 3.05) is 13.2 Å². The monoisotopic (exact) mass is 158 g/mol. The molecule has 2 N–H and O–H groups in total. The van der Waals surface area contributed by atoms with Gasteiger partial charge in [0.05, 0.1) is 24.4 Å². The molecule has 0 aromatic carbocycles. The van der Waals surface area contributed by atoms with Gasteiger partial charge in [-0.05, 0) is 0 Å². The van der Waals surface area contributed by atoms with Crippen LogP contribution in [-0.2, 0) is 11.3 Å². The van der Waals surface area contributed by atoms with Crippen molar-refractivity contribution in [2.45, 2.75) is 6.61 Å². The standard InChI is InChI=1S/C6H10N2OS/c7-1-2-9-3-6-4-10-5-8-6/h4-5H,1-3,7H2. The molecule has 0 unspecified atom stereocenters. The van der Waals surface area contributed by atoms with Gasteiger partial charge in [0, 0.05) is 11.9 Å². The minimum atomic E-state index is 0.574. The first-order chi connectivity index (χ1) is 4.93. The van der Waals surface area contributed by atoms with Crippen LogP contribution >= 0.6 is 11.3 Å². The van der Waals surface area contributed by atoms with E-state index in [0.717, 1.165) is 5.69 Å². The minimum Gasteiger partial charge on any atom is -0.374 e. The van der Waals surface area contributed by atoms with E-state index < -0.39 is 0 Å². The fourth-order valence-electron chi connectivity index (χ4n) is 0.569. The Hall–Kier alpha value is -0.450. The van der Waals surface area contributed by atoms with Crippen molar-refractivity contribution < 1.29 is 4.74 Å². The Kier molecular flexibility index (Phi) is 3.35. The Morgan fingerprint density at radius 1 is 1.70 bits per heavy atom.